The minimum atomic E-state index is -1.59. The smallest absolute Gasteiger partial charge is 0.312 e. The van der Waals surface area contributed by atoms with Crippen molar-refractivity contribution < 1.29 is 34.4 Å². The molecule has 144 valence electrons. The number of carbonyl (C=O) groups is 2. The van der Waals surface area contributed by atoms with Gasteiger partial charge in [0.2, 0.25) is 5.78 Å². The number of esters is 1. The molecule has 26 heavy (non-hydrogen) atoms. The van der Waals surface area contributed by atoms with Gasteiger partial charge in [0.25, 0.3) is 0 Å². The van der Waals surface area contributed by atoms with Crippen molar-refractivity contribution in [2.45, 2.75) is 63.1 Å². The van der Waals surface area contributed by atoms with Gasteiger partial charge in [0.05, 0.1) is 24.2 Å². The lowest BCUT2D eigenvalue weighted by atomic mass is 9.75. The standard InChI is InChI=1S/C19H26O7/c1-11-5-3-7-14(20)18(23)15(21)8-4-6-12-9-13(25-2)10-16(22)17(12)19(24)26-11/h4,6,11-13,15-18,21-23H,5,8-10H2,1-2H3/b6-4+. The second-order valence-electron chi connectivity index (χ2n) is 6.88. The zero-order valence-corrected chi connectivity index (χ0v) is 15.0. The zero-order valence-electron chi connectivity index (χ0n) is 15.0. The first-order valence-electron chi connectivity index (χ1n) is 8.80. The van der Waals surface area contributed by atoms with Gasteiger partial charge in [-0.05, 0) is 31.6 Å². The Morgan fingerprint density at radius 2 is 1.92 bits per heavy atom. The van der Waals surface area contributed by atoms with Crippen molar-refractivity contribution in [3.05, 3.63) is 12.2 Å². The molecule has 7 heteroatoms. The Bertz CT molecular complexity index is 603. The lowest BCUT2D eigenvalue weighted by molar-refractivity contribution is -0.163. The first-order chi connectivity index (χ1) is 12.3. The van der Waals surface area contributed by atoms with Crippen LogP contribution in [0.1, 0.15) is 32.6 Å². The van der Waals surface area contributed by atoms with Crippen LogP contribution in [-0.2, 0) is 19.1 Å². The van der Waals surface area contributed by atoms with Crippen molar-refractivity contribution in [1.82, 2.24) is 0 Å². The molecule has 0 bridgehead atoms. The molecule has 0 spiro atoms. The fourth-order valence-electron chi connectivity index (χ4n) is 3.34. The number of ketones is 1. The monoisotopic (exact) mass is 366 g/mol. The van der Waals surface area contributed by atoms with E-state index in [4.69, 9.17) is 9.47 Å². The number of cyclic esters (lactones) is 1. The Balaban J connectivity index is 2.27. The molecule has 2 rings (SSSR count). The van der Waals surface area contributed by atoms with E-state index < -0.39 is 42.1 Å². The van der Waals surface area contributed by atoms with Crippen molar-refractivity contribution in [3.8, 4) is 11.8 Å². The molecule has 2 aliphatic rings. The lowest BCUT2D eigenvalue weighted by Gasteiger charge is -2.36. The fourth-order valence-corrected chi connectivity index (χ4v) is 3.34. The summed E-state index contributed by atoms with van der Waals surface area (Å²) in [4.78, 5) is 24.3. The van der Waals surface area contributed by atoms with Crippen LogP contribution in [0.3, 0.4) is 0 Å². The van der Waals surface area contributed by atoms with Crippen molar-refractivity contribution in [1.29, 1.82) is 0 Å². The van der Waals surface area contributed by atoms with E-state index in [1.807, 2.05) is 0 Å². The Morgan fingerprint density at radius 3 is 2.62 bits per heavy atom. The molecule has 7 nitrogen and oxygen atoms in total. The number of aliphatic hydroxyl groups excluding tert-OH is 3. The first-order valence-corrected chi connectivity index (χ1v) is 8.80. The molecule has 3 N–H and O–H groups in total. The SMILES string of the molecule is COC1CC(O)C2C(=O)OC(C)CC#CC(=O)C(O)C(O)C/C=C/C2C1. The Morgan fingerprint density at radius 1 is 1.19 bits per heavy atom. The summed E-state index contributed by atoms with van der Waals surface area (Å²) in [5.74, 6) is 2.46. The van der Waals surface area contributed by atoms with Crippen LogP contribution in [-0.4, -0.2) is 64.7 Å². The third-order valence-electron chi connectivity index (χ3n) is 4.83. The van der Waals surface area contributed by atoms with Gasteiger partial charge in [-0.25, -0.2) is 0 Å². The quantitative estimate of drug-likeness (QED) is 0.258. The number of rotatable bonds is 1. The summed E-state index contributed by atoms with van der Waals surface area (Å²) in [6.45, 7) is 1.65. The first kappa shape index (κ1) is 20.6. The van der Waals surface area contributed by atoms with Crippen LogP contribution in [0.25, 0.3) is 0 Å². The highest BCUT2D eigenvalue weighted by atomic mass is 16.5. The molecule has 1 aliphatic heterocycles. The van der Waals surface area contributed by atoms with Crippen molar-refractivity contribution in [2.75, 3.05) is 7.11 Å². The van der Waals surface area contributed by atoms with E-state index in [2.05, 4.69) is 11.8 Å². The molecule has 1 aliphatic carbocycles. The molecule has 1 saturated carbocycles. The highest BCUT2D eigenvalue weighted by molar-refractivity contribution is 5.99. The molecule has 0 aromatic heterocycles. The number of methoxy groups -OCH3 is 1. The van der Waals surface area contributed by atoms with Crippen molar-refractivity contribution in [2.24, 2.45) is 11.8 Å². The molecule has 0 amide bonds. The van der Waals surface area contributed by atoms with E-state index in [-0.39, 0.29) is 24.9 Å². The highest BCUT2D eigenvalue weighted by Crippen LogP contribution is 2.34. The molecule has 7 atom stereocenters. The van der Waals surface area contributed by atoms with E-state index in [9.17, 15) is 24.9 Å². The Kier molecular flexibility index (Phi) is 7.35. The van der Waals surface area contributed by atoms with Crippen LogP contribution in [0.5, 0.6) is 0 Å². The summed E-state index contributed by atoms with van der Waals surface area (Å²) >= 11 is 0. The number of aliphatic hydroxyl groups is 3. The molecule has 0 radical (unpaired) electrons. The number of allylic oxidation sites excluding steroid dienone is 1. The average molecular weight is 366 g/mol. The largest absolute Gasteiger partial charge is 0.461 e. The van der Waals surface area contributed by atoms with Gasteiger partial charge in [-0.3, -0.25) is 9.59 Å². The number of fused-ring (bicyclic) bond motifs is 1. The Hall–Kier alpha value is -1.72. The van der Waals surface area contributed by atoms with E-state index in [1.54, 1.807) is 26.2 Å². The maximum Gasteiger partial charge on any atom is 0.312 e. The van der Waals surface area contributed by atoms with E-state index >= 15 is 0 Å². The summed E-state index contributed by atoms with van der Waals surface area (Å²) in [7, 11) is 1.55. The highest BCUT2D eigenvalue weighted by Gasteiger charge is 2.41. The summed E-state index contributed by atoms with van der Waals surface area (Å²) < 4.78 is 10.7. The number of Topliss-reactive ketones (excluding diaryl/α,β-unsaturated/α-hetero) is 1. The van der Waals surface area contributed by atoms with E-state index in [0.717, 1.165) is 0 Å². The third kappa shape index (κ3) is 5.15. The minimum Gasteiger partial charge on any atom is -0.461 e. The van der Waals surface area contributed by atoms with Crippen LogP contribution in [0.2, 0.25) is 0 Å². The summed E-state index contributed by atoms with van der Waals surface area (Å²) in [5.41, 5.74) is 0. The molecule has 0 aromatic rings. The predicted octanol–water partition coefficient (Wildman–Crippen LogP) is -0.0355. The van der Waals surface area contributed by atoms with Crippen LogP contribution in [0.15, 0.2) is 12.2 Å². The number of hydrogen-bond acceptors (Lipinski definition) is 7. The van der Waals surface area contributed by atoms with Crippen LogP contribution in [0, 0.1) is 23.7 Å². The van der Waals surface area contributed by atoms with Crippen LogP contribution >= 0.6 is 0 Å². The van der Waals surface area contributed by atoms with Gasteiger partial charge in [0.15, 0.2) is 6.10 Å². The van der Waals surface area contributed by atoms with Gasteiger partial charge in [0.1, 0.15) is 6.10 Å². The van der Waals surface area contributed by atoms with Crippen molar-refractivity contribution >= 4 is 11.8 Å². The van der Waals surface area contributed by atoms with E-state index in [0.29, 0.717) is 12.8 Å². The van der Waals surface area contributed by atoms with E-state index in [1.165, 1.54) is 0 Å². The zero-order chi connectivity index (χ0) is 19.3. The van der Waals surface area contributed by atoms with Gasteiger partial charge >= 0.3 is 5.97 Å². The van der Waals surface area contributed by atoms with Gasteiger partial charge < -0.3 is 24.8 Å². The third-order valence-corrected chi connectivity index (χ3v) is 4.83. The second-order valence-corrected chi connectivity index (χ2v) is 6.88. The summed E-state index contributed by atoms with van der Waals surface area (Å²) in [6.07, 6.45) is -0.228. The van der Waals surface area contributed by atoms with Gasteiger partial charge in [-0.1, -0.05) is 18.1 Å². The minimum absolute atomic E-state index is 0.0248. The predicted molar refractivity (Wildman–Crippen MR) is 91.7 cm³/mol. The maximum atomic E-state index is 12.6. The average Bonchev–Trinajstić information content (AvgIpc) is 2.59. The normalized spacial score (nSPS) is 40.4. The second kappa shape index (κ2) is 9.28. The van der Waals surface area contributed by atoms with Gasteiger partial charge in [0, 0.05) is 20.0 Å². The topological polar surface area (TPSA) is 113 Å². The molecule has 0 aromatic carbocycles. The lowest BCUT2D eigenvalue weighted by Crippen LogP contribution is -2.44. The fraction of sp³-hybridized carbons (Fsp3) is 0.684. The van der Waals surface area contributed by atoms with Crippen LogP contribution in [0.4, 0.5) is 0 Å². The Labute approximate surface area is 153 Å². The molecular weight excluding hydrogens is 340 g/mol. The molecule has 7 unspecified atom stereocenters. The van der Waals surface area contributed by atoms with Crippen molar-refractivity contribution in [3.63, 3.8) is 0 Å². The van der Waals surface area contributed by atoms with Crippen LogP contribution < -0.4 is 0 Å². The molecule has 1 fully saturated rings. The molecular formula is C19H26O7. The number of hydrogen-bond donors (Lipinski definition) is 3. The molecule has 0 saturated heterocycles. The number of carbonyl (C=O) groups excluding carboxylic acids is 2. The van der Waals surface area contributed by atoms with Gasteiger partial charge in [-0.15, -0.1) is 0 Å². The number of ether oxygens (including phenoxy) is 2. The summed E-state index contributed by atoms with van der Waals surface area (Å²) in [5, 5.41) is 30.2. The maximum absolute atomic E-state index is 12.6. The summed E-state index contributed by atoms with van der Waals surface area (Å²) in [6, 6.07) is 0. The molecule has 1 heterocycles. The van der Waals surface area contributed by atoms with Gasteiger partial charge in [-0.2, -0.15) is 0 Å².